The van der Waals surface area contributed by atoms with E-state index in [0.29, 0.717) is 12.5 Å². The summed E-state index contributed by atoms with van der Waals surface area (Å²) in [4.78, 5) is 11.1. The molecule has 0 aromatic carbocycles. The first-order valence-electron chi connectivity index (χ1n) is 5.09. The molecular weight excluding hydrogens is 166 g/mol. The van der Waals surface area contributed by atoms with Crippen molar-refractivity contribution in [3.05, 3.63) is 0 Å². The second kappa shape index (κ2) is 3.29. The number of nitrogens with one attached hydrogen (secondary N) is 1. The molecule has 0 aromatic rings. The standard InChI is InChI=1S/C10H17NO2/c1-10(6-9(12)11-7-10)8-4-2-3-5-13-8/h8H,2-7H2,1H3,(H,11,12). The van der Waals surface area contributed by atoms with Gasteiger partial charge in [0.2, 0.25) is 5.91 Å². The molecule has 2 saturated heterocycles. The Hall–Kier alpha value is -0.570. The first-order valence-corrected chi connectivity index (χ1v) is 5.09. The van der Waals surface area contributed by atoms with Gasteiger partial charge < -0.3 is 10.1 Å². The molecule has 2 fully saturated rings. The number of amides is 1. The average Bonchev–Trinajstić information content (AvgIpc) is 2.49. The fraction of sp³-hybridized carbons (Fsp3) is 0.900. The lowest BCUT2D eigenvalue weighted by Crippen LogP contribution is -2.38. The van der Waals surface area contributed by atoms with Gasteiger partial charge in [-0.05, 0) is 19.3 Å². The molecule has 0 aliphatic carbocycles. The molecule has 0 bridgehead atoms. The van der Waals surface area contributed by atoms with Crippen molar-refractivity contribution in [1.29, 1.82) is 0 Å². The van der Waals surface area contributed by atoms with Gasteiger partial charge in [0.1, 0.15) is 0 Å². The van der Waals surface area contributed by atoms with Crippen LogP contribution in [0.2, 0.25) is 0 Å². The molecule has 0 aromatic heterocycles. The van der Waals surface area contributed by atoms with Crippen LogP contribution in [0, 0.1) is 5.41 Å². The quantitative estimate of drug-likeness (QED) is 0.660. The Morgan fingerprint density at radius 2 is 2.38 bits per heavy atom. The minimum absolute atomic E-state index is 0.0531. The van der Waals surface area contributed by atoms with Crippen LogP contribution in [0.4, 0.5) is 0 Å². The summed E-state index contributed by atoms with van der Waals surface area (Å²) < 4.78 is 5.72. The number of carbonyl (C=O) groups is 1. The summed E-state index contributed by atoms with van der Waals surface area (Å²) in [5.41, 5.74) is 0.0531. The third kappa shape index (κ3) is 1.70. The van der Waals surface area contributed by atoms with Crippen LogP contribution >= 0.6 is 0 Å². The summed E-state index contributed by atoms with van der Waals surface area (Å²) in [5, 5.41) is 2.89. The zero-order chi connectivity index (χ0) is 9.31. The molecule has 2 atom stereocenters. The molecule has 3 nitrogen and oxygen atoms in total. The highest BCUT2D eigenvalue weighted by atomic mass is 16.5. The van der Waals surface area contributed by atoms with Crippen LogP contribution in [-0.4, -0.2) is 25.2 Å². The fourth-order valence-electron chi connectivity index (χ4n) is 2.31. The van der Waals surface area contributed by atoms with E-state index in [2.05, 4.69) is 12.2 Å². The molecule has 3 heteroatoms. The Morgan fingerprint density at radius 1 is 1.54 bits per heavy atom. The van der Waals surface area contributed by atoms with Crippen molar-refractivity contribution in [2.24, 2.45) is 5.41 Å². The summed E-state index contributed by atoms with van der Waals surface area (Å²) in [7, 11) is 0. The molecule has 2 unspecified atom stereocenters. The van der Waals surface area contributed by atoms with Gasteiger partial charge in [0, 0.05) is 25.0 Å². The van der Waals surface area contributed by atoms with E-state index in [4.69, 9.17) is 4.74 Å². The topological polar surface area (TPSA) is 38.3 Å². The maximum atomic E-state index is 11.1. The van der Waals surface area contributed by atoms with Gasteiger partial charge in [-0.25, -0.2) is 0 Å². The van der Waals surface area contributed by atoms with E-state index in [0.717, 1.165) is 19.6 Å². The molecule has 0 radical (unpaired) electrons. The van der Waals surface area contributed by atoms with Gasteiger partial charge in [-0.3, -0.25) is 4.79 Å². The molecule has 0 spiro atoms. The van der Waals surface area contributed by atoms with Crippen molar-refractivity contribution in [3.8, 4) is 0 Å². The van der Waals surface area contributed by atoms with Crippen molar-refractivity contribution in [2.45, 2.75) is 38.7 Å². The third-order valence-corrected chi connectivity index (χ3v) is 3.21. The largest absolute Gasteiger partial charge is 0.378 e. The van der Waals surface area contributed by atoms with E-state index < -0.39 is 0 Å². The Labute approximate surface area is 78.8 Å². The second-order valence-corrected chi connectivity index (χ2v) is 4.46. The van der Waals surface area contributed by atoms with Gasteiger partial charge in [-0.2, -0.15) is 0 Å². The molecule has 1 amide bonds. The molecular formula is C10H17NO2. The third-order valence-electron chi connectivity index (χ3n) is 3.21. The Balaban J connectivity index is 2.01. The first-order chi connectivity index (χ1) is 6.21. The Bertz CT molecular complexity index is 211. The lowest BCUT2D eigenvalue weighted by Gasteiger charge is -2.35. The van der Waals surface area contributed by atoms with Gasteiger partial charge in [0.05, 0.1) is 6.10 Å². The minimum Gasteiger partial charge on any atom is -0.378 e. The highest BCUT2D eigenvalue weighted by molar-refractivity contribution is 5.79. The maximum absolute atomic E-state index is 11.1. The number of carbonyl (C=O) groups excluding carboxylic acids is 1. The minimum atomic E-state index is 0.0531. The second-order valence-electron chi connectivity index (χ2n) is 4.46. The molecule has 13 heavy (non-hydrogen) atoms. The van der Waals surface area contributed by atoms with Gasteiger partial charge in [-0.1, -0.05) is 6.92 Å². The lowest BCUT2D eigenvalue weighted by atomic mass is 9.80. The zero-order valence-electron chi connectivity index (χ0n) is 8.14. The molecule has 2 aliphatic rings. The van der Waals surface area contributed by atoms with Crippen LogP contribution in [0.25, 0.3) is 0 Å². The summed E-state index contributed by atoms with van der Waals surface area (Å²) >= 11 is 0. The summed E-state index contributed by atoms with van der Waals surface area (Å²) in [6.45, 7) is 3.81. The highest BCUT2D eigenvalue weighted by Gasteiger charge is 2.42. The van der Waals surface area contributed by atoms with Crippen LogP contribution in [0.5, 0.6) is 0 Å². The monoisotopic (exact) mass is 183 g/mol. The molecule has 1 N–H and O–H groups in total. The van der Waals surface area contributed by atoms with Gasteiger partial charge in [-0.15, -0.1) is 0 Å². The van der Waals surface area contributed by atoms with Crippen LogP contribution < -0.4 is 5.32 Å². The molecule has 0 saturated carbocycles. The lowest BCUT2D eigenvalue weighted by molar-refractivity contribution is -0.121. The smallest absolute Gasteiger partial charge is 0.220 e. The Morgan fingerprint density at radius 3 is 2.92 bits per heavy atom. The first kappa shape index (κ1) is 9.00. The molecule has 2 heterocycles. The SMILES string of the molecule is CC1(C2CCCCO2)CNC(=O)C1. The van der Waals surface area contributed by atoms with Crippen LogP contribution in [0.15, 0.2) is 0 Å². The average molecular weight is 183 g/mol. The fourth-order valence-corrected chi connectivity index (χ4v) is 2.31. The highest BCUT2D eigenvalue weighted by Crippen LogP contribution is 2.35. The van der Waals surface area contributed by atoms with E-state index in [-0.39, 0.29) is 11.3 Å². The van der Waals surface area contributed by atoms with Gasteiger partial charge in [0.15, 0.2) is 0 Å². The van der Waals surface area contributed by atoms with E-state index in [9.17, 15) is 4.79 Å². The molecule has 74 valence electrons. The van der Waals surface area contributed by atoms with E-state index in [1.165, 1.54) is 12.8 Å². The molecule has 2 rings (SSSR count). The number of hydrogen-bond acceptors (Lipinski definition) is 2. The number of hydrogen-bond donors (Lipinski definition) is 1. The summed E-state index contributed by atoms with van der Waals surface area (Å²) in [5.74, 6) is 0.177. The summed E-state index contributed by atoms with van der Waals surface area (Å²) in [6.07, 6.45) is 4.46. The van der Waals surface area contributed by atoms with Crippen LogP contribution in [0.1, 0.15) is 32.6 Å². The normalized spacial score (nSPS) is 40.4. The molecule has 2 aliphatic heterocycles. The van der Waals surface area contributed by atoms with Gasteiger partial charge >= 0.3 is 0 Å². The predicted molar refractivity (Wildman–Crippen MR) is 49.3 cm³/mol. The van der Waals surface area contributed by atoms with Crippen LogP contribution in [0.3, 0.4) is 0 Å². The van der Waals surface area contributed by atoms with Crippen molar-refractivity contribution in [3.63, 3.8) is 0 Å². The van der Waals surface area contributed by atoms with Crippen molar-refractivity contribution in [2.75, 3.05) is 13.2 Å². The maximum Gasteiger partial charge on any atom is 0.220 e. The Kier molecular flexibility index (Phi) is 2.28. The van der Waals surface area contributed by atoms with Crippen molar-refractivity contribution < 1.29 is 9.53 Å². The van der Waals surface area contributed by atoms with E-state index in [1.54, 1.807) is 0 Å². The zero-order valence-corrected chi connectivity index (χ0v) is 8.14. The van der Waals surface area contributed by atoms with E-state index in [1.807, 2.05) is 0 Å². The van der Waals surface area contributed by atoms with Gasteiger partial charge in [0.25, 0.3) is 0 Å². The predicted octanol–water partition coefficient (Wildman–Crippen LogP) is 1.08. The van der Waals surface area contributed by atoms with Crippen LogP contribution in [-0.2, 0) is 9.53 Å². The van der Waals surface area contributed by atoms with Crippen molar-refractivity contribution >= 4 is 5.91 Å². The van der Waals surface area contributed by atoms with Crippen molar-refractivity contribution in [1.82, 2.24) is 5.32 Å². The van der Waals surface area contributed by atoms with E-state index >= 15 is 0 Å². The summed E-state index contributed by atoms with van der Waals surface area (Å²) in [6, 6.07) is 0. The number of ether oxygens (including phenoxy) is 1. The number of rotatable bonds is 1.